The van der Waals surface area contributed by atoms with Crippen molar-refractivity contribution in [2.75, 3.05) is 0 Å². The lowest BCUT2D eigenvalue weighted by atomic mass is 9.84. The van der Waals surface area contributed by atoms with Crippen LogP contribution in [0.15, 0.2) is 60.7 Å². The number of carbonyl (C=O) groups is 1. The van der Waals surface area contributed by atoms with Gasteiger partial charge in [0.2, 0.25) is 0 Å². The van der Waals surface area contributed by atoms with Crippen molar-refractivity contribution >= 4 is 16.7 Å². The van der Waals surface area contributed by atoms with Crippen LogP contribution in [0.1, 0.15) is 17.5 Å². The van der Waals surface area contributed by atoms with Gasteiger partial charge in [0.05, 0.1) is 5.92 Å². The molecule has 3 nitrogen and oxygen atoms in total. The summed E-state index contributed by atoms with van der Waals surface area (Å²) in [7, 11) is 0. The van der Waals surface area contributed by atoms with Crippen LogP contribution in [0.25, 0.3) is 10.8 Å². The molecule has 0 heterocycles. The highest BCUT2D eigenvalue weighted by atomic mass is 16.5. The lowest BCUT2D eigenvalue weighted by Gasteiger charge is -2.22. The molecule has 1 unspecified atom stereocenters. The van der Waals surface area contributed by atoms with Gasteiger partial charge in [-0.1, -0.05) is 36.4 Å². The molecule has 0 amide bonds. The van der Waals surface area contributed by atoms with Crippen molar-refractivity contribution in [2.24, 2.45) is 5.92 Å². The van der Waals surface area contributed by atoms with Crippen LogP contribution >= 0.6 is 0 Å². The van der Waals surface area contributed by atoms with Gasteiger partial charge in [0, 0.05) is 0 Å². The number of hydrogen-bond acceptors (Lipinski definition) is 2. The average Bonchev–Trinajstić information content (AvgIpc) is 2.61. The average molecular weight is 318 g/mol. The van der Waals surface area contributed by atoms with Gasteiger partial charge in [-0.15, -0.1) is 0 Å². The van der Waals surface area contributed by atoms with Gasteiger partial charge in [-0.2, -0.15) is 0 Å². The maximum atomic E-state index is 11.2. The fourth-order valence-electron chi connectivity index (χ4n) is 3.37. The van der Waals surface area contributed by atoms with Gasteiger partial charge in [0.15, 0.2) is 0 Å². The van der Waals surface area contributed by atoms with Crippen molar-refractivity contribution in [3.05, 3.63) is 71.8 Å². The molecule has 0 saturated heterocycles. The fraction of sp³-hybridized carbons (Fsp3) is 0.190. The first-order chi connectivity index (χ1) is 11.7. The number of aliphatic carboxylic acids is 1. The highest BCUT2D eigenvalue weighted by Crippen LogP contribution is 2.31. The number of ether oxygens (including phenoxy) is 1. The molecule has 0 saturated carbocycles. The molecular formula is C21H18O3. The minimum atomic E-state index is -0.707. The number of fused-ring (bicyclic) bond motifs is 2. The van der Waals surface area contributed by atoms with Crippen molar-refractivity contribution in [3.8, 4) is 11.5 Å². The molecule has 4 rings (SSSR count). The molecule has 3 aromatic rings. The van der Waals surface area contributed by atoms with Gasteiger partial charge in [0.1, 0.15) is 11.5 Å². The van der Waals surface area contributed by atoms with Crippen molar-refractivity contribution in [1.82, 2.24) is 0 Å². The fourth-order valence-corrected chi connectivity index (χ4v) is 3.37. The van der Waals surface area contributed by atoms with E-state index >= 15 is 0 Å². The zero-order chi connectivity index (χ0) is 16.5. The first-order valence-electron chi connectivity index (χ1n) is 8.20. The van der Waals surface area contributed by atoms with Crippen LogP contribution in [-0.4, -0.2) is 11.1 Å². The van der Waals surface area contributed by atoms with E-state index in [-0.39, 0.29) is 5.92 Å². The van der Waals surface area contributed by atoms with E-state index in [9.17, 15) is 9.90 Å². The van der Waals surface area contributed by atoms with Crippen molar-refractivity contribution in [3.63, 3.8) is 0 Å². The molecule has 1 aliphatic rings. The number of aryl methyl sites for hydroxylation is 1. The minimum Gasteiger partial charge on any atom is -0.481 e. The number of hydrogen-bond donors (Lipinski definition) is 1. The summed E-state index contributed by atoms with van der Waals surface area (Å²) < 4.78 is 6.00. The third-order valence-corrected chi connectivity index (χ3v) is 4.71. The predicted octanol–water partition coefficient (Wildman–Crippen LogP) is 4.82. The molecule has 0 fully saturated rings. The molecule has 0 spiro atoms. The quantitative estimate of drug-likeness (QED) is 0.753. The van der Waals surface area contributed by atoms with Crippen LogP contribution < -0.4 is 4.74 Å². The lowest BCUT2D eigenvalue weighted by Crippen LogP contribution is -2.22. The Hall–Kier alpha value is -2.81. The topological polar surface area (TPSA) is 46.5 Å². The maximum absolute atomic E-state index is 11.2. The second-order valence-corrected chi connectivity index (χ2v) is 6.32. The predicted molar refractivity (Wildman–Crippen MR) is 93.6 cm³/mol. The van der Waals surface area contributed by atoms with E-state index in [4.69, 9.17) is 4.74 Å². The van der Waals surface area contributed by atoms with Crippen LogP contribution in [0.3, 0.4) is 0 Å². The summed E-state index contributed by atoms with van der Waals surface area (Å²) in [6, 6.07) is 20.2. The third-order valence-electron chi connectivity index (χ3n) is 4.71. The SMILES string of the molecule is O=C(O)C1CCc2ccc(Oc3ccc4ccccc4c3)cc2C1. The Morgan fingerprint density at radius 2 is 1.67 bits per heavy atom. The summed E-state index contributed by atoms with van der Waals surface area (Å²) in [6.07, 6.45) is 2.12. The standard InChI is InChI=1S/C21H18O3/c22-21(23)17-6-5-15-8-10-20(13-18(15)11-17)24-19-9-7-14-3-1-2-4-16(14)12-19/h1-4,7-10,12-13,17H,5-6,11H2,(H,22,23). The smallest absolute Gasteiger partial charge is 0.306 e. The van der Waals surface area contributed by atoms with Crippen LogP contribution in [0, 0.1) is 5.92 Å². The van der Waals surface area contributed by atoms with E-state index in [1.54, 1.807) is 0 Å². The monoisotopic (exact) mass is 318 g/mol. The molecule has 0 aliphatic heterocycles. The van der Waals surface area contributed by atoms with Gasteiger partial charge in [-0.25, -0.2) is 0 Å². The summed E-state index contributed by atoms with van der Waals surface area (Å²) in [6.45, 7) is 0. The Bertz CT molecular complexity index is 914. The molecule has 0 bridgehead atoms. The second kappa shape index (κ2) is 6.00. The Morgan fingerprint density at radius 3 is 2.50 bits per heavy atom. The van der Waals surface area contributed by atoms with E-state index < -0.39 is 5.97 Å². The molecule has 1 atom stereocenters. The highest BCUT2D eigenvalue weighted by Gasteiger charge is 2.24. The van der Waals surface area contributed by atoms with E-state index in [2.05, 4.69) is 18.2 Å². The summed E-state index contributed by atoms with van der Waals surface area (Å²) in [4.78, 5) is 11.2. The van der Waals surface area contributed by atoms with E-state index in [0.717, 1.165) is 28.9 Å². The number of rotatable bonds is 3. The Labute approximate surface area is 140 Å². The Balaban J connectivity index is 1.60. The van der Waals surface area contributed by atoms with Gasteiger partial charge in [-0.3, -0.25) is 4.79 Å². The van der Waals surface area contributed by atoms with E-state index in [1.165, 1.54) is 10.9 Å². The normalized spacial score (nSPS) is 16.6. The van der Waals surface area contributed by atoms with Gasteiger partial charge in [-0.05, 0) is 65.4 Å². The summed E-state index contributed by atoms with van der Waals surface area (Å²) in [5.41, 5.74) is 2.32. The summed E-state index contributed by atoms with van der Waals surface area (Å²) in [5, 5.41) is 11.6. The largest absolute Gasteiger partial charge is 0.481 e. The first kappa shape index (κ1) is 14.8. The van der Waals surface area contributed by atoms with Crippen LogP contribution in [-0.2, 0) is 17.6 Å². The number of carboxylic acids is 1. The molecule has 1 N–H and O–H groups in total. The second-order valence-electron chi connectivity index (χ2n) is 6.32. The van der Waals surface area contributed by atoms with Gasteiger partial charge >= 0.3 is 5.97 Å². The maximum Gasteiger partial charge on any atom is 0.306 e. The van der Waals surface area contributed by atoms with Gasteiger partial charge < -0.3 is 9.84 Å². The van der Waals surface area contributed by atoms with Crippen LogP contribution in [0.4, 0.5) is 0 Å². The zero-order valence-corrected chi connectivity index (χ0v) is 13.2. The summed E-state index contributed by atoms with van der Waals surface area (Å²) >= 11 is 0. The van der Waals surface area contributed by atoms with Crippen molar-refractivity contribution in [1.29, 1.82) is 0 Å². The molecule has 0 radical (unpaired) electrons. The molecule has 0 aromatic heterocycles. The summed E-state index contributed by atoms with van der Waals surface area (Å²) in [5.74, 6) is 0.559. The Morgan fingerprint density at radius 1 is 0.917 bits per heavy atom. The lowest BCUT2D eigenvalue weighted by molar-refractivity contribution is -0.142. The van der Waals surface area contributed by atoms with Crippen molar-refractivity contribution < 1.29 is 14.6 Å². The zero-order valence-electron chi connectivity index (χ0n) is 13.2. The van der Waals surface area contributed by atoms with Crippen molar-refractivity contribution in [2.45, 2.75) is 19.3 Å². The minimum absolute atomic E-state index is 0.284. The molecule has 120 valence electrons. The number of benzene rings is 3. The van der Waals surface area contributed by atoms with E-state index in [0.29, 0.717) is 12.8 Å². The highest BCUT2D eigenvalue weighted by molar-refractivity contribution is 5.83. The molecule has 1 aliphatic carbocycles. The first-order valence-corrected chi connectivity index (χ1v) is 8.20. The van der Waals surface area contributed by atoms with Crippen LogP contribution in [0.2, 0.25) is 0 Å². The molecule has 3 heteroatoms. The molecule has 3 aromatic carbocycles. The van der Waals surface area contributed by atoms with Crippen LogP contribution in [0.5, 0.6) is 11.5 Å². The molecular weight excluding hydrogens is 300 g/mol. The van der Waals surface area contributed by atoms with Gasteiger partial charge in [0.25, 0.3) is 0 Å². The van der Waals surface area contributed by atoms with E-state index in [1.807, 2.05) is 42.5 Å². The Kier molecular flexibility index (Phi) is 3.69. The number of carboxylic acid groups (broad SMARTS) is 1. The third kappa shape index (κ3) is 2.85. The molecule has 24 heavy (non-hydrogen) atoms.